The number of carbonyl (C=O) groups is 1. The Morgan fingerprint density at radius 2 is 1.59 bits per heavy atom. The van der Waals surface area contributed by atoms with Crippen molar-refractivity contribution in [1.82, 2.24) is 10.2 Å². The zero-order valence-electron chi connectivity index (χ0n) is 18.0. The Hall–Kier alpha value is -2.77. The minimum absolute atomic E-state index is 0.0718. The molecular weight excluding hydrogens is 428 g/mol. The average molecular weight is 456 g/mol. The van der Waals surface area contributed by atoms with E-state index in [9.17, 15) is 13.6 Å². The van der Waals surface area contributed by atoms with Gasteiger partial charge in [0.25, 0.3) is 0 Å². The van der Waals surface area contributed by atoms with Gasteiger partial charge < -0.3 is 10.2 Å². The summed E-state index contributed by atoms with van der Waals surface area (Å²) in [4.78, 5) is 18.6. The molecule has 1 aliphatic heterocycles. The Labute approximate surface area is 191 Å². The summed E-state index contributed by atoms with van der Waals surface area (Å²) >= 11 is 1.69. The van der Waals surface area contributed by atoms with Gasteiger partial charge in [-0.05, 0) is 60.3 Å². The van der Waals surface area contributed by atoms with Gasteiger partial charge in [0.2, 0.25) is 5.91 Å². The molecule has 0 aliphatic carbocycles. The van der Waals surface area contributed by atoms with Crippen molar-refractivity contribution in [2.24, 2.45) is 0 Å². The summed E-state index contributed by atoms with van der Waals surface area (Å²) in [6.45, 7) is 5.41. The molecule has 1 saturated heterocycles. The quantitative estimate of drug-likeness (QED) is 0.564. The fourth-order valence-electron chi connectivity index (χ4n) is 4.28. The molecule has 2 atom stereocenters. The molecule has 1 fully saturated rings. The third kappa shape index (κ3) is 5.53. The molecule has 32 heavy (non-hydrogen) atoms. The van der Waals surface area contributed by atoms with Crippen LogP contribution in [0.3, 0.4) is 0 Å². The Morgan fingerprint density at radius 3 is 2.19 bits per heavy atom. The van der Waals surface area contributed by atoms with Crippen molar-refractivity contribution in [3.8, 4) is 0 Å². The minimum atomic E-state index is -0.305. The smallest absolute Gasteiger partial charge is 0.224 e. The largest absolute Gasteiger partial charge is 0.369 e. The summed E-state index contributed by atoms with van der Waals surface area (Å²) in [5.41, 5.74) is 1.82. The lowest BCUT2D eigenvalue weighted by Crippen LogP contribution is -2.52. The highest BCUT2D eigenvalue weighted by molar-refractivity contribution is 7.10. The molecule has 2 heterocycles. The number of thiophene rings is 1. The Balaban J connectivity index is 1.40. The predicted octanol–water partition coefficient (Wildman–Crippen LogP) is 4.64. The standard InChI is InChI=1S/C25H27F2N3OS/c1-18(28-24(31)17-19-4-6-20(26)7-5-19)25(23-3-2-16-32-23)30-14-12-29(13-15-30)22-10-8-21(27)9-11-22/h2-11,16,18,25H,12-15,17H2,1H3,(H,28,31)/t18-,25-/m1/s1. The van der Waals surface area contributed by atoms with Crippen LogP contribution in [-0.2, 0) is 11.2 Å². The van der Waals surface area contributed by atoms with Crippen LogP contribution in [0.4, 0.5) is 14.5 Å². The molecule has 4 rings (SSSR count). The second-order valence-corrected chi connectivity index (χ2v) is 9.10. The van der Waals surface area contributed by atoms with Gasteiger partial charge in [0, 0.05) is 42.8 Å². The van der Waals surface area contributed by atoms with E-state index in [-0.39, 0.29) is 36.0 Å². The lowest BCUT2D eigenvalue weighted by atomic mass is 10.0. The van der Waals surface area contributed by atoms with E-state index < -0.39 is 0 Å². The van der Waals surface area contributed by atoms with Crippen molar-refractivity contribution in [3.63, 3.8) is 0 Å². The van der Waals surface area contributed by atoms with Crippen LogP contribution >= 0.6 is 11.3 Å². The summed E-state index contributed by atoms with van der Waals surface area (Å²) in [6, 6.07) is 16.8. The summed E-state index contributed by atoms with van der Waals surface area (Å²) in [5.74, 6) is -0.606. The second kappa shape index (κ2) is 10.2. The van der Waals surface area contributed by atoms with Crippen LogP contribution in [0.5, 0.6) is 0 Å². The third-order valence-corrected chi connectivity index (χ3v) is 6.82. The first-order valence-corrected chi connectivity index (χ1v) is 11.7. The maximum Gasteiger partial charge on any atom is 0.224 e. The Kier molecular flexibility index (Phi) is 7.17. The SMILES string of the molecule is C[C@@H](NC(=O)Cc1ccc(F)cc1)[C@H](c1cccs1)N1CCN(c2ccc(F)cc2)CC1. The minimum Gasteiger partial charge on any atom is -0.369 e. The van der Waals surface area contributed by atoms with E-state index in [0.29, 0.717) is 0 Å². The van der Waals surface area contributed by atoms with Crippen molar-refractivity contribution in [1.29, 1.82) is 0 Å². The monoisotopic (exact) mass is 455 g/mol. The van der Waals surface area contributed by atoms with Crippen molar-refractivity contribution >= 4 is 22.9 Å². The summed E-state index contributed by atoms with van der Waals surface area (Å²) in [7, 11) is 0. The van der Waals surface area contributed by atoms with Gasteiger partial charge in [0.1, 0.15) is 11.6 Å². The first-order valence-electron chi connectivity index (χ1n) is 10.8. The van der Waals surface area contributed by atoms with Crippen LogP contribution in [-0.4, -0.2) is 43.0 Å². The number of piperazine rings is 1. The van der Waals surface area contributed by atoms with Gasteiger partial charge in [-0.2, -0.15) is 0 Å². The number of carbonyl (C=O) groups excluding carboxylic acids is 1. The lowest BCUT2D eigenvalue weighted by Gasteiger charge is -2.42. The highest BCUT2D eigenvalue weighted by Gasteiger charge is 2.31. The number of hydrogen-bond donors (Lipinski definition) is 1. The molecule has 0 bridgehead atoms. The van der Waals surface area contributed by atoms with Gasteiger partial charge in [0.15, 0.2) is 0 Å². The van der Waals surface area contributed by atoms with E-state index in [1.807, 2.05) is 25.1 Å². The van der Waals surface area contributed by atoms with Crippen LogP contribution in [0, 0.1) is 11.6 Å². The molecule has 1 N–H and O–H groups in total. The molecule has 1 aliphatic rings. The molecule has 7 heteroatoms. The topological polar surface area (TPSA) is 35.6 Å². The Bertz CT molecular complexity index is 1000. The first kappa shape index (κ1) is 22.4. The molecule has 3 aromatic rings. The summed E-state index contributed by atoms with van der Waals surface area (Å²) in [6.07, 6.45) is 0.222. The van der Waals surface area contributed by atoms with Crippen molar-refractivity contribution in [2.45, 2.75) is 25.4 Å². The second-order valence-electron chi connectivity index (χ2n) is 8.12. The summed E-state index contributed by atoms with van der Waals surface area (Å²) < 4.78 is 26.4. The predicted molar refractivity (Wildman–Crippen MR) is 125 cm³/mol. The number of anilines is 1. The van der Waals surface area contributed by atoms with Gasteiger partial charge in [-0.25, -0.2) is 8.78 Å². The molecule has 0 radical (unpaired) electrons. The van der Waals surface area contributed by atoms with Crippen LogP contribution < -0.4 is 10.2 Å². The molecule has 0 unspecified atom stereocenters. The fourth-order valence-corrected chi connectivity index (χ4v) is 5.25. The molecule has 4 nitrogen and oxygen atoms in total. The van der Waals surface area contributed by atoms with E-state index in [0.717, 1.165) is 37.4 Å². The first-order chi connectivity index (χ1) is 15.5. The van der Waals surface area contributed by atoms with Crippen LogP contribution in [0.25, 0.3) is 0 Å². The fraction of sp³-hybridized carbons (Fsp3) is 0.320. The van der Waals surface area contributed by atoms with E-state index in [2.05, 4.69) is 26.6 Å². The molecule has 2 aromatic carbocycles. The van der Waals surface area contributed by atoms with Crippen LogP contribution in [0.15, 0.2) is 66.0 Å². The highest BCUT2D eigenvalue weighted by atomic mass is 32.1. The maximum absolute atomic E-state index is 13.3. The van der Waals surface area contributed by atoms with E-state index in [4.69, 9.17) is 0 Å². The molecule has 0 saturated carbocycles. The zero-order valence-corrected chi connectivity index (χ0v) is 18.8. The van der Waals surface area contributed by atoms with Crippen molar-refractivity contribution < 1.29 is 13.6 Å². The molecule has 1 amide bonds. The van der Waals surface area contributed by atoms with Crippen LogP contribution in [0.1, 0.15) is 23.4 Å². The maximum atomic E-state index is 13.3. The van der Waals surface area contributed by atoms with Gasteiger partial charge in [-0.3, -0.25) is 9.69 Å². The number of hydrogen-bond acceptors (Lipinski definition) is 4. The number of rotatable bonds is 7. The summed E-state index contributed by atoms with van der Waals surface area (Å²) in [5, 5.41) is 5.21. The van der Waals surface area contributed by atoms with E-state index >= 15 is 0 Å². The Morgan fingerprint density at radius 1 is 0.969 bits per heavy atom. The zero-order chi connectivity index (χ0) is 22.5. The van der Waals surface area contributed by atoms with E-state index in [1.165, 1.54) is 29.1 Å². The number of benzene rings is 2. The number of nitrogens with one attached hydrogen (secondary N) is 1. The third-order valence-electron chi connectivity index (χ3n) is 5.87. The molecule has 0 spiro atoms. The number of nitrogens with zero attached hydrogens (tertiary/aromatic N) is 2. The van der Waals surface area contributed by atoms with Crippen molar-refractivity contribution in [2.75, 3.05) is 31.1 Å². The normalized spacial score (nSPS) is 16.5. The number of halogens is 2. The number of amides is 1. The van der Waals surface area contributed by atoms with Crippen LogP contribution in [0.2, 0.25) is 0 Å². The molecule has 1 aromatic heterocycles. The van der Waals surface area contributed by atoms with Gasteiger partial charge in [-0.1, -0.05) is 18.2 Å². The molecule has 168 valence electrons. The highest BCUT2D eigenvalue weighted by Crippen LogP contribution is 2.30. The van der Waals surface area contributed by atoms with Gasteiger partial charge in [-0.15, -0.1) is 11.3 Å². The van der Waals surface area contributed by atoms with Gasteiger partial charge in [0.05, 0.1) is 12.5 Å². The van der Waals surface area contributed by atoms with Crippen molar-refractivity contribution in [3.05, 3.63) is 88.1 Å². The van der Waals surface area contributed by atoms with Gasteiger partial charge >= 0.3 is 0 Å². The van der Waals surface area contributed by atoms with E-state index in [1.54, 1.807) is 23.5 Å². The average Bonchev–Trinajstić information content (AvgIpc) is 3.31. The lowest BCUT2D eigenvalue weighted by molar-refractivity contribution is -0.121. The molecular formula is C25H27F2N3OS.